The first-order chi connectivity index (χ1) is 11.7. The zero-order valence-electron chi connectivity index (χ0n) is 15.2. The van der Waals surface area contributed by atoms with Crippen molar-refractivity contribution in [1.82, 2.24) is 14.8 Å². The predicted octanol–water partition coefficient (Wildman–Crippen LogP) is 2.84. The van der Waals surface area contributed by atoms with Gasteiger partial charge in [0.1, 0.15) is 0 Å². The maximum atomic E-state index is 9.50. The lowest BCUT2D eigenvalue weighted by Crippen LogP contribution is -2.54. The molecule has 1 aromatic rings. The Morgan fingerprint density at radius 3 is 2.75 bits per heavy atom. The smallest absolute Gasteiger partial charge is 0.0547 e. The summed E-state index contributed by atoms with van der Waals surface area (Å²) in [5.74, 6) is 0.880. The summed E-state index contributed by atoms with van der Waals surface area (Å²) < 4.78 is 0. The van der Waals surface area contributed by atoms with Crippen molar-refractivity contribution in [3.8, 4) is 0 Å². The lowest BCUT2D eigenvalue weighted by Gasteiger charge is -2.43. The minimum Gasteiger partial charge on any atom is -0.396 e. The number of hydrogen-bond donors (Lipinski definition) is 1. The number of aromatic nitrogens is 1. The first-order valence-corrected chi connectivity index (χ1v) is 9.74. The molecule has 4 heteroatoms. The maximum Gasteiger partial charge on any atom is 0.0547 e. The second-order valence-electron chi connectivity index (χ2n) is 7.67. The molecule has 1 aliphatic heterocycles. The molecule has 0 amide bonds. The van der Waals surface area contributed by atoms with E-state index in [2.05, 4.69) is 39.9 Å². The number of rotatable bonds is 6. The molecule has 24 heavy (non-hydrogen) atoms. The highest BCUT2D eigenvalue weighted by molar-refractivity contribution is 5.10. The topological polar surface area (TPSA) is 39.6 Å². The third-order valence-electron chi connectivity index (χ3n) is 5.70. The van der Waals surface area contributed by atoms with Gasteiger partial charge in [-0.2, -0.15) is 0 Å². The molecule has 0 spiro atoms. The lowest BCUT2D eigenvalue weighted by atomic mass is 9.88. The first kappa shape index (κ1) is 17.8. The van der Waals surface area contributed by atoms with Gasteiger partial charge in [0.05, 0.1) is 5.69 Å². The van der Waals surface area contributed by atoms with Gasteiger partial charge in [0.2, 0.25) is 0 Å². The molecule has 0 aromatic carbocycles. The number of nitrogens with zero attached hydrogens (tertiary/aromatic N) is 3. The Labute approximate surface area is 146 Å². The van der Waals surface area contributed by atoms with Crippen LogP contribution in [0.25, 0.3) is 0 Å². The zero-order valence-corrected chi connectivity index (χ0v) is 15.2. The summed E-state index contributed by atoms with van der Waals surface area (Å²) in [6, 6.07) is 6.78. The van der Waals surface area contributed by atoms with Crippen molar-refractivity contribution < 1.29 is 5.11 Å². The van der Waals surface area contributed by atoms with E-state index in [-0.39, 0.29) is 0 Å². The summed E-state index contributed by atoms with van der Waals surface area (Å²) in [6.45, 7) is 7.82. The van der Waals surface area contributed by atoms with Gasteiger partial charge in [-0.15, -0.1) is 0 Å². The molecule has 4 nitrogen and oxygen atoms in total. The molecule has 1 saturated heterocycles. The molecular weight excluding hydrogens is 298 g/mol. The number of aliphatic hydroxyl groups is 1. The quantitative estimate of drug-likeness (QED) is 0.870. The van der Waals surface area contributed by atoms with Gasteiger partial charge >= 0.3 is 0 Å². The predicted molar refractivity (Wildman–Crippen MR) is 97.9 cm³/mol. The first-order valence-electron chi connectivity index (χ1n) is 9.74. The molecule has 1 N–H and O–H groups in total. The number of aliphatic hydroxyl groups excluding tert-OH is 1. The van der Waals surface area contributed by atoms with Gasteiger partial charge in [-0.3, -0.25) is 14.8 Å². The van der Waals surface area contributed by atoms with Crippen LogP contribution in [-0.2, 0) is 6.54 Å². The number of pyridine rings is 1. The van der Waals surface area contributed by atoms with E-state index in [0.29, 0.717) is 12.6 Å². The van der Waals surface area contributed by atoms with Crippen LogP contribution in [0.3, 0.4) is 0 Å². The van der Waals surface area contributed by atoms with Crippen LogP contribution >= 0.6 is 0 Å². The minimum atomic E-state index is 0.294. The Balaban J connectivity index is 1.55. The van der Waals surface area contributed by atoms with Gasteiger partial charge in [-0.1, -0.05) is 25.3 Å². The monoisotopic (exact) mass is 331 g/mol. The third kappa shape index (κ3) is 5.01. The summed E-state index contributed by atoms with van der Waals surface area (Å²) in [4.78, 5) is 9.82. The van der Waals surface area contributed by atoms with Crippen molar-refractivity contribution in [3.05, 3.63) is 29.6 Å². The molecule has 0 radical (unpaired) electrons. The SMILES string of the molecule is Cc1cccc(CN2CCN(CC3CCCCC3)C(CCO)C2)n1. The van der Waals surface area contributed by atoms with E-state index in [9.17, 15) is 5.11 Å². The maximum absolute atomic E-state index is 9.50. The minimum absolute atomic E-state index is 0.294. The highest BCUT2D eigenvalue weighted by atomic mass is 16.3. The normalized spacial score (nSPS) is 24.3. The van der Waals surface area contributed by atoms with Crippen molar-refractivity contribution >= 4 is 0 Å². The number of hydrogen-bond acceptors (Lipinski definition) is 4. The lowest BCUT2D eigenvalue weighted by molar-refractivity contribution is 0.0395. The zero-order chi connectivity index (χ0) is 16.8. The van der Waals surface area contributed by atoms with E-state index in [1.807, 2.05) is 0 Å². The molecule has 2 aliphatic rings. The molecule has 3 rings (SSSR count). The van der Waals surface area contributed by atoms with Gasteiger partial charge in [0.15, 0.2) is 0 Å². The van der Waals surface area contributed by atoms with Gasteiger partial charge in [0.25, 0.3) is 0 Å². The van der Waals surface area contributed by atoms with E-state index < -0.39 is 0 Å². The standard InChI is InChI=1S/C20H33N3O/c1-17-6-5-9-19(21-17)15-22-11-12-23(20(16-22)10-13-24)14-18-7-3-2-4-8-18/h5-6,9,18,20,24H,2-4,7-8,10-16H2,1H3. The molecule has 1 atom stereocenters. The van der Waals surface area contributed by atoms with Crippen LogP contribution in [0.2, 0.25) is 0 Å². The molecular formula is C20H33N3O. The Kier molecular flexibility index (Phi) is 6.64. The van der Waals surface area contributed by atoms with Crippen LogP contribution < -0.4 is 0 Å². The average Bonchev–Trinajstić information content (AvgIpc) is 2.58. The van der Waals surface area contributed by atoms with Gasteiger partial charge in [-0.25, -0.2) is 0 Å². The van der Waals surface area contributed by atoms with E-state index in [1.165, 1.54) is 44.3 Å². The fraction of sp³-hybridized carbons (Fsp3) is 0.750. The van der Waals surface area contributed by atoms with Crippen LogP contribution in [0.1, 0.15) is 49.9 Å². The Morgan fingerprint density at radius 1 is 1.17 bits per heavy atom. The second kappa shape index (κ2) is 8.93. The highest BCUT2D eigenvalue weighted by Crippen LogP contribution is 2.26. The summed E-state index contributed by atoms with van der Waals surface area (Å²) in [5, 5.41) is 9.50. The van der Waals surface area contributed by atoms with Crippen molar-refractivity contribution in [2.24, 2.45) is 5.92 Å². The summed E-state index contributed by atoms with van der Waals surface area (Å²) in [5.41, 5.74) is 2.26. The van der Waals surface area contributed by atoms with Crippen molar-refractivity contribution in [2.75, 3.05) is 32.8 Å². The summed E-state index contributed by atoms with van der Waals surface area (Å²) in [6.07, 6.45) is 7.94. The van der Waals surface area contributed by atoms with E-state index >= 15 is 0 Å². The summed E-state index contributed by atoms with van der Waals surface area (Å²) >= 11 is 0. The van der Waals surface area contributed by atoms with Crippen molar-refractivity contribution in [1.29, 1.82) is 0 Å². The molecule has 134 valence electrons. The van der Waals surface area contributed by atoms with Crippen molar-refractivity contribution in [3.63, 3.8) is 0 Å². The van der Waals surface area contributed by atoms with E-state index in [1.54, 1.807) is 0 Å². The second-order valence-corrected chi connectivity index (χ2v) is 7.67. The average molecular weight is 332 g/mol. The Hall–Kier alpha value is -0.970. The van der Waals surface area contributed by atoms with Crippen LogP contribution in [-0.4, -0.2) is 58.7 Å². The molecule has 1 saturated carbocycles. The van der Waals surface area contributed by atoms with Gasteiger partial charge in [0, 0.05) is 51.1 Å². The number of aryl methyl sites for hydroxylation is 1. The molecule has 2 fully saturated rings. The molecule has 1 aromatic heterocycles. The van der Waals surface area contributed by atoms with E-state index in [0.717, 1.165) is 44.2 Å². The molecule has 1 aliphatic carbocycles. The molecule has 2 heterocycles. The summed E-state index contributed by atoms with van der Waals surface area (Å²) in [7, 11) is 0. The fourth-order valence-electron chi connectivity index (χ4n) is 4.38. The van der Waals surface area contributed by atoms with Gasteiger partial charge < -0.3 is 5.11 Å². The van der Waals surface area contributed by atoms with Crippen LogP contribution in [0.15, 0.2) is 18.2 Å². The largest absolute Gasteiger partial charge is 0.396 e. The van der Waals surface area contributed by atoms with Gasteiger partial charge in [-0.05, 0) is 44.2 Å². The van der Waals surface area contributed by atoms with Crippen molar-refractivity contribution in [2.45, 2.75) is 58.0 Å². The molecule has 0 bridgehead atoms. The van der Waals surface area contributed by atoms with E-state index in [4.69, 9.17) is 0 Å². The Bertz CT molecular complexity index is 501. The highest BCUT2D eigenvalue weighted by Gasteiger charge is 2.29. The van der Waals surface area contributed by atoms with Crippen LogP contribution in [0.4, 0.5) is 0 Å². The number of piperazine rings is 1. The van der Waals surface area contributed by atoms with Crippen LogP contribution in [0.5, 0.6) is 0 Å². The van der Waals surface area contributed by atoms with Crippen LogP contribution in [0, 0.1) is 12.8 Å². The molecule has 1 unspecified atom stereocenters. The Morgan fingerprint density at radius 2 is 2.00 bits per heavy atom. The third-order valence-corrected chi connectivity index (χ3v) is 5.70. The fourth-order valence-corrected chi connectivity index (χ4v) is 4.38.